The van der Waals surface area contributed by atoms with Crippen molar-refractivity contribution >= 4 is 0 Å². The van der Waals surface area contributed by atoms with E-state index in [1.807, 2.05) is 37.3 Å². The average molecular weight is 337 g/mol. The van der Waals surface area contributed by atoms with Crippen molar-refractivity contribution in [1.29, 1.82) is 0 Å². The third kappa shape index (κ3) is 4.91. The van der Waals surface area contributed by atoms with Crippen molar-refractivity contribution in [2.45, 2.75) is 25.6 Å². The van der Waals surface area contributed by atoms with Gasteiger partial charge in [-0.2, -0.15) is 8.78 Å². The summed E-state index contributed by atoms with van der Waals surface area (Å²) in [6.07, 6.45) is 0. The van der Waals surface area contributed by atoms with Gasteiger partial charge in [-0.3, -0.25) is 0 Å². The van der Waals surface area contributed by atoms with Crippen LogP contribution < -0.4 is 14.8 Å². The second kappa shape index (κ2) is 8.61. The fourth-order valence-corrected chi connectivity index (χ4v) is 2.47. The first-order valence-corrected chi connectivity index (χ1v) is 7.59. The van der Waals surface area contributed by atoms with Gasteiger partial charge in [-0.1, -0.05) is 24.3 Å². The van der Waals surface area contributed by atoms with Crippen molar-refractivity contribution in [3.05, 3.63) is 59.7 Å². The number of aliphatic hydroxyl groups is 1. The number of hydrogen-bond acceptors (Lipinski definition) is 4. The van der Waals surface area contributed by atoms with Gasteiger partial charge in [0, 0.05) is 6.04 Å². The van der Waals surface area contributed by atoms with E-state index in [0.717, 1.165) is 11.1 Å². The lowest BCUT2D eigenvalue weighted by atomic mass is 10.0. The zero-order chi connectivity index (χ0) is 17.5. The summed E-state index contributed by atoms with van der Waals surface area (Å²) >= 11 is 0. The van der Waals surface area contributed by atoms with E-state index in [1.54, 1.807) is 19.2 Å². The zero-order valence-electron chi connectivity index (χ0n) is 13.6. The summed E-state index contributed by atoms with van der Waals surface area (Å²) in [7, 11) is 1.58. The Hall–Kier alpha value is -2.18. The van der Waals surface area contributed by atoms with Gasteiger partial charge < -0.3 is 19.9 Å². The number of ether oxygens (including phenoxy) is 2. The molecule has 2 aromatic carbocycles. The fourth-order valence-electron chi connectivity index (χ4n) is 2.47. The molecule has 0 aliphatic heterocycles. The molecule has 0 amide bonds. The number of aliphatic hydroxyl groups excluding tert-OH is 1. The van der Waals surface area contributed by atoms with Gasteiger partial charge in [0.15, 0.2) is 0 Å². The Labute approximate surface area is 140 Å². The van der Waals surface area contributed by atoms with Gasteiger partial charge in [0.2, 0.25) is 0 Å². The minimum Gasteiger partial charge on any atom is -0.497 e. The van der Waals surface area contributed by atoms with Gasteiger partial charge in [-0.25, -0.2) is 0 Å². The standard InChI is InChI=1S/C18H21F2NO3/c1-12(13-5-3-8-16(9-13)24-18(19)20)21-17(11-22)14-6-4-7-15(10-14)23-2/h3-10,12,17-18,21-22H,11H2,1-2H3. The van der Waals surface area contributed by atoms with E-state index in [9.17, 15) is 13.9 Å². The summed E-state index contributed by atoms with van der Waals surface area (Å²) in [6, 6.07) is 13.4. The molecule has 0 saturated carbocycles. The molecule has 0 aliphatic rings. The van der Waals surface area contributed by atoms with Crippen LogP contribution in [0.1, 0.15) is 30.1 Å². The normalized spacial score (nSPS) is 13.6. The van der Waals surface area contributed by atoms with E-state index in [1.165, 1.54) is 6.07 Å². The Kier molecular flexibility index (Phi) is 6.52. The molecular weight excluding hydrogens is 316 g/mol. The molecule has 2 N–H and O–H groups in total. The van der Waals surface area contributed by atoms with Crippen LogP contribution in [0, 0.1) is 0 Å². The first-order chi connectivity index (χ1) is 11.5. The zero-order valence-corrected chi connectivity index (χ0v) is 13.6. The van der Waals surface area contributed by atoms with Gasteiger partial charge in [0.1, 0.15) is 11.5 Å². The summed E-state index contributed by atoms with van der Waals surface area (Å²) in [6.45, 7) is -1.07. The van der Waals surface area contributed by atoms with Crippen LogP contribution in [0.5, 0.6) is 11.5 Å². The molecule has 0 aliphatic carbocycles. The smallest absolute Gasteiger partial charge is 0.387 e. The van der Waals surface area contributed by atoms with Crippen LogP contribution >= 0.6 is 0 Å². The lowest BCUT2D eigenvalue weighted by Crippen LogP contribution is -2.27. The third-order valence-electron chi connectivity index (χ3n) is 3.71. The second-order valence-electron chi connectivity index (χ2n) is 5.35. The first-order valence-electron chi connectivity index (χ1n) is 7.59. The average Bonchev–Trinajstić information content (AvgIpc) is 2.59. The first kappa shape index (κ1) is 18.2. The molecule has 4 nitrogen and oxygen atoms in total. The van der Waals surface area contributed by atoms with Crippen molar-refractivity contribution in [2.75, 3.05) is 13.7 Å². The highest BCUT2D eigenvalue weighted by Crippen LogP contribution is 2.25. The molecule has 0 bridgehead atoms. The van der Waals surface area contributed by atoms with E-state index in [2.05, 4.69) is 10.1 Å². The molecular formula is C18H21F2NO3. The van der Waals surface area contributed by atoms with E-state index in [-0.39, 0.29) is 24.4 Å². The molecule has 0 aromatic heterocycles. The maximum atomic E-state index is 12.3. The highest BCUT2D eigenvalue weighted by Gasteiger charge is 2.16. The number of benzene rings is 2. The quantitative estimate of drug-likeness (QED) is 0.771. The van der Waals surface area contributed by atoms with Crippen LogP contribution in [0.3, 0.4) is 0 Å². The molecule has 0 fully saturated rings. The summed E-state index contributed by atoms with van der Waals surface area (Å²) < 4.78 is 34.3. The number of hydrogen-bond donors (Lipinski definition) is 2. The van der Waals surface area contributed by atoms with E-state index >= 15 is 0 Å². The van der Waals surface area contributed by atoms with Crippen LogP contribution in [0.2, 0.25) is 0 Å². The lowest BCUT2D eigenvalue weighted by Gasteiger charge is -2.23. The van der Waals surface area contributed by atoms with Gasteiger partial charge in [-0.05, 0) is 42.3 Å². The topological polar surface area (TPSA) is 50.7 Å². The number of halogens is 2. The van der Waals surface area contributed by atoms with Crippen LogP contribution in [-0.2, 0) is 0 Å². The molecule has 2 atom stereocenters. The monoisotopic (exact) mass is 337 g/mol. The molecule has 0 saturated heterocycles. The predicted molar refractivity (Wildman–Crippen MR) is 87.4 cm³/mol. The Morgan fingerprint density at radius 3 is 2.29 bits per heavy atom. The molecule has 130 valence electrons. The minimum atomic E-state index is -2.86. The van der Waals surface area contributed by atoms with E-state index in [4.69, 9.17) is 4.74 Å². The van der Waals surface area contributed by atoms with E-state index < -0.39 is 6.61 Å². The Morgan fingerprint density at radius 1 is 1.04 bits per heavy atom. The molecule has 2 rings (SSSR count). The molecule has 0 spiro atoms. The summed E-state index contributed by atoms with van der Waals surface area (Å²) in [5, 5.41) is 13.0. The number of nitrogens with one attached hydrogen (secondary N) is 1. The largest absolute Gasteiger partial charge is 0.497 e. The van der Waals surface area contributed by atoms with Crippen molar-refractivity contribution in [3.8, 4) is 11.5 Å². The van der Waals surface area contributed by atoms with Crippen molar-refractivity contribution in [3.63, 3.8) is 0 Å². The highest BCUT2D eigenvalue weighted by molar-refractivity contribution is 5.32. The molecule has 6 heteroatoms. The number of alkyl halides is 2. The van der Waals surface area contributed by atoms with Crippen molar-refractivity contribution in [1.82, 2.24) is 5.32 Å². The van der Waals surface area contributed by atoms with Crippen molar-refractivity contribution in [2.24, 2.45) is 0 Å². The Balaban J connectivity index is 2.12. The van der Waals surface area contributed by atoms with E-state index in [0.29, 0.717) is 5.75 Å². The Bertz CT molecular complexity index is 652. The van der Waals surface area contributed by atoms with Crippen LogP contribution in [0.15, 0.2) is 48.5 Å². The number of rotatable bonds is 8. The van der Waals surface area contributed by atoms with Crippen LogP contribution in [-0.4, -0.2) is 25.4 Å². The second-order valence-corrected chi connectivity index (χ2v) is 5.35. The SMILES string of the molecule is COc1cccc(C(CO)NC(C)c2cccc(OC(F)F)c2)c1. The number of methoxy groups -OCH3 is 1. The summed E-state index contributed by atoms with van der Waals surface area (Å²) in [5.74, 6) is 0.811. The van der Waals surface area contributed by atoms with Gasteiger partial charge in [0.05, 0.1) is 19.8 Å². The van der Waals surface area contributed by atoms with Gasteiger partial charge >= 0.3 is 6.61 Å². The van der Waals surface area contributed by atoms with Crippen molar-refractivity contribution < 1.29 is 23.4 Å². The maximum absolute atomic E-state index is 12.3. The van der Waals surface area contributed by atoms with Gasteiger partial charge in [0.25, 0.3) is 0 Å². The third-order valence-corrected chi connectivity index (χ3v) is 3.71. The van der Waals surface area contributed by atoms with Gasteiger partial charge in [-0.15, -0.1) is 0 Å². The fraction of sp³-hybridized carbons (Fsp3) is 0.333. The van der Waals surface area contributed by atoms with Crippen LogP contribution in [0.25, 0.3) is 0 Å². The predicted octanol–water partition coefficient (Wildman–Crippen LogP) is 3.68. The molecule has 0 heterocycles. The molecule has 2 unspecified atom stereocenters. The lowest BCUT2D eigenvalue weighted by molar-refractivity contribution is -0.0499. The molecule has 2 aromatic rings. The molecule has 0 radical (unpaired) electrons. The van der Waals surface area contributed by atoms with Crippen LogP contribution in [0.4, 0.5) is 8.78 Å². The maximum Gasteiger partial charge on any atom is 0.387 e. The highest BCUT2D eigenvalue weighted by atomic mass is 19.3. The summed E-state index contributed by atoms with van der Waals surface area (Å²) in [5.41, 5.74) is 1.66. The summed E-state index contributed by atoms with van der Waals surface area (Å²) in [4.78, 5) is 0. The minimum absolute atomic E-state index is 0.106. The Morgan fingerprint density at radius 2 is 1.67 bits per heavy atom. The molecule has 24 heavy (non-hydrogen) atoms.